The van der Waals surface area contributed by atoms with Gasteiger partial charge in [-0.25, -0.2) is 0 Å². The minimum atomic E-state index is 0.000875. The molecule has 1 saturated carbocycles. The van der Waals surface area contributed by atoms with Crippen LogP contribution in [0.15, 0.2) is 24.3 Å². The van der Waals surface area contributed by atoms with E-state index in [0.29, 0.717) is 12.8 Å². The molecule has 2 amide bonds. The van der Waals surface area contributed by atoms with Crippen LogP contribution in [0, 0.1) is 26.7 Å². The van der Waals surface area contributed by atoms with Crippen LogP contribution in [0.3, 0.4) is 0 Å². The van der Waals surface area contributed by atoms with Crippen molar-refractivity contribution in [1.82, 2.24) is 20.4 Å². The molecule has 6 heteroatoms. The number of carbonyl (C=O) groups excluding carboxylic acids is 2. The first-order valence-electron chi connectivity index (χ1n) is 11.9. The molecule has 32 heavy (non-hydrogen) atoms. The predicted octanol–water partition coefficient (Wildman–Crippen LogP) is 3.99. The lowest BCUT2D eigenvalue weighted by Gasteiger charge is -2.29. The second-order valence-corrected chi connectivity index (χ2v) is 9.58. The Labute approximate surface area is 192 Å². The summed E-state index contributed by atoms with van der Waals surface area (Å²) in [5, 5.41) is 10.9. The minimum Gasteiger partial charge on any atom is -0.354 e. The highest BCUT2D eigenvalue weighted by molar-refractivity contribution is 5.79. The Bertz CT molecular complexity index is 930. The second-order valence-electron chi connectivity index (χ2n) is 9.58. The van der Waals surface area contributed by atoms with Crippen molar-refractivity contribution < 1.29 is 9.59 Å². The Balaban J connectivity index is 1.53. The molecule has 6 nitrogen and oxygen atoms in total. The molecule has 1 aliphatic rings. The average molecular weight is 439 g/mol. The summed E-state index contributed by atoms with van der Waals surface area (Å²) in [6.07, 6.45) is 4.69. The topological polar surface area (TPSA) is 76.0 Å². The molecule has 174 valence electrons. The van der Waals surface area contributed by atoms with Crippen molar-refractivity contribution in [2.45, 2.75) is 91.8 Å². The molecule has 3 rings (SSSR count). The summed E-state index contributed by atoms with van der Waals surface area (Å²) in [6, 6.07) is 8.75. The Morgan fingerprint density at radius 1 is 1.12 bits per heavy atom. The number of aryl methyl sites for hydroxylation is 2. The van der Waals surface area contributed by atoms with E-state index in [-0.39, 0.29) is 29.8 Å². The smallest absolute Gasteiger partial charge is 0.223 e. The summed E-state index contributed by atoms with van der Waals surface area (Å²) in [6.45, 7) is 10.9. The minimum absolute atomic E-state index is 0.000875. The van der Waals surface area contributed by atoms with Crippen LogP contribution in [0.5, 0.6) is 0 Å². The lowest BCUT2D eigenvalue weighted by atomic mass is 9.85. The SMILES string of the molecule is Cc1ccc(Cn2nc(C)c(CCC(=O)NC3CCCC(C(=O)NC(C)C)C3)c2C)cc1. The van der Waals surface area contributed by atoms with Gasteiger partial charge < -0.3 is 10.6 Å². The molecular formula is C26H38N4O2. The number of carbonyl (C=O) groups is 2. The molecule has 1 fully saturated rings. The zero-order valence-corrected chi connectivity index (χ0v) is 20.2. The van der Waals surface area contributed by atoms with Crippen molar-refractivity contribution in [3.8, 4) is 0 Å². The van der Waals surface area contributed by atoms with Crippen LogP contribution in [0.25, 0.3) is 0 Å². The number of hydrogen-bond acceptors (Lipinski definition) is 3. The fraction of sp³-hybridized carbons (Fsp3) is 0.577. The Hall–Kier alpha value is -2.63. The number of hydrogen-bond donors (Lipinski definition) is 2. The van der Waals surface area contributed by atoms with Crippen LogP contribution in [-0.2, 0) is 22.6 Å². The largest absolute Gasteiger partial charge is 0.354 e. The molecule has 2 unspecified atom stereocenters. The molecule has 0 spiro atoms. The van der Waals surface area contributed by atoms with Gasteiger partial charge in [0.1, 0.15) is 0 Å². The lowest BCUT2D eigenvalue weighted by molar-refractivity contribution is -0.128. The van der Waals surface area contributed by atoms with Gasteiger partial charge in [-0.2, -0.15) is 5.10 Å². The van der Waals surface area contributed by atoms with Crippen LogP contribution in [0.1, 0.15) is 74.0 Å². The van der Waals surface area contributed by atoms with E-state index < -0.39 is 0 Å². The third kappa shape index (κ3) is 6.44. The highest BCUT2D eigenvalue weighted by atomic mass is 16.2. The van der Waals surface area contributed by atoms with E-state index in [0.717, 1.165) is 49.2 Å². The highest BCUT2D eigenvalue weighted by Gasteiger charge is 2.28. The first-order chi connectivity index (χ1) is 15.2. The molecule has 1 aromatic carbocycles. The van der Waals surface area contributed by atoms with Gasteiger partial charge in [0.2, 0.25) is 11.8 Å². The zero-order chi connectivity index (χ0) is 23.3. The summed E-state index contributed by atoms with van der Waals surface area (Å²) in [4.78, 5) is 25.0. The molecular weight excluding hydrogens is 400 g/mol. The molecule has 0 aliphatic heterocycles. The van der Waals surface area contributed by atoms with E-state index in [1.54, 1.807) is 0 Å². The first kappa shape index (κ1) is 24.0. The number of nitrogens with one attached hydrogen (secondary N) is 2. The van der Waals surface area contributed by atoms with Crippen LogP contribution in [-0.4, -0.2) is 33.7 Å². The summed E-state index contributed by atoms with van der Waals surface area (Å²) in [7, 11) is 0. The van der Waals surface area contributed by atoms with E-state index in [1.165, 1.54) is 11.1 Å². The summed E-state index contributed by atoms with van der Waals surface area (Å²) in [5.74, 6) is 0.178. The fourth-order valence-electron chi connectivity index (χ4n) is 4.62. The van der Waals surface area contributed by atoms with E-state index in [4.69, 9.17) is 5.10 Å². The maximum Gasteiger partial charge on any atom is 0.223 e. The van der Waals surface area contributed by atoms with Gasteiger partial charge in [-0.05, 0) is 71.4 Å². The normalized spacial score (nSPS) is 18.6. The number of aromatic nitrogens is 2. The number of rotatable bonds is 8. The lowest BCUT2D eigenvalue weighted by Crippen LogP contribution is -2.43. The molecule has 1 heterocycles. The van der Waals surface area contributed by atoms with Crippen molar-refractivity contribution >= 4 is 11.8 Å². The summed E-state index contributed by atoms with van der Waals surface area (Å²) >= 11 is 0. The number of benzene rings is 1. The first-order valence-corrected chi connectivity index (χ1v) is 11.9. The average Bonchev–Trinajstić information content (AvgIpc) is 3.00. The molecule has 1 aliphatic carbocycles. The van der Waals surface area contributed by atoms with Crippen LogP contribution in [0.4, 0.5) is 0 Å². The van der Waals surface area contributed by atoms with Crippen molar-refractivity contribution in [1.29, 1.82) is 0 Å². The van der Waals surface area contributed by atoms with Crippen molar-refractivity contribution in [3.63, 3.8) is 0 Å². The van der Waals surface area contributed by atoms with Gasteiger partial charge in [-0.3, -0.25) is 14.3 Å². The monoisotopic (exact) mass is 438 g/mol. The van der Waals surface area contributed by atoms with Gasteiger partial charge in [0.25, 0.3) is 0 Å². The van der Waals surface area contributed by atoms with Gasteiger partial charge in [0, 0.05) is 30.1 Å². The summed E-state index contributed by atoms with van der Waals surface area (Å²) in [5.41, 5.74) is 5.74. The number of nitrogens with zero attached hydrogens (tertiary/aromatic N) is 2. The third-order valence-electron chi connectivity index (χ3n) is 6.43. The molecule has 2 N–H and O–H groups in total. The molecule has 0 saturated heterocycles. The molecule has 1 aromatic heterocycles. The van der Waals surface area contributed by atoms with Gasteiger partial charge in [0.05, 0.1) is 12.2 Å². The van der Waals surface area contributed by atoms with Crippen LogP contribution >= 0.6 is 0 Å². The Kier molecular flexibility index (Phi) is 8.10. The van der Waals surface area contributed by atoms with Crippen LogP contribution in [0.2, 0.25) is 0 Å². The third-order valence-corrected chi connectivity index (χ3v) is 6.43. The van der Waals surface area contributed by atoms with Gasteiger partial charge in [-0.1, -0.05) is 36.2 Å². The highest BCUT2D eigenvalue weighted by Crippen LogP contribution is 2.25. The Morgan fingerprint density at radius 2 is 1.84 bits per heavy atom. The fourth-order valence-corrected chi connectivity index (χ4v) is 4.62. The Morgan fingerprint density at radius 3 is 2.53 bits per heavy atom. The molecule has 0 bridgehead atoms. The van der Waals surface area contributed by atoms with Gasteiger partial charge in [-0.15, -0.1) is 0 Å². The van der Waals surface area contributed by atoms with E-state index >= 15 is 0 Å². The number of amides is 2. The van der Waals surface area contributed by atoms with Crippen LogP contribution < -0.4 is 10.6 Å². The van der Waals surface area contributed by atoms with Crippen molar-refractivity contribution in [3.05, 3.63) is 52.3 Å². The maximum absolute atomic E-state index is 12.7. The van der Waals surface area contributed by atoms with Gasteiger partial charge >= 0.3 is 0 Å². The zero-order valence-electron chi connectivity index (χ0n) is 20.2. The second kappa shape index (κ2) is 10.8. The quantitative estimate of drug-likeness (QED) is 0.654. The predicted molar refractivity (Wildman–Crippen MR) is 127 cm³/mol. The van der Waals surface area contributed by atoms with E-state index in [9.17, 15) is 9.59 Å². The maximum atomic E-state index is 12.7. The van der Waals surface area contributed by atoms with Crippen molar-refractivity contribution in [2.24, 2.45) is 5.92 Å². The molecule has 2 atom stereocenters. The standard InChI is InChI=1S/C26H38N4O2/c1-17(2)27-26(32)22-7-6-8-23(15-22)28-25(31)14-13-24-19(4)29-30(20(24)5)16-21-11-9-18(3)10-12-21/h9-12,17,22-23H,6-8,13-16H2,1-5H3,(H,27,32)(H,28,31). The van der Waals surface area contributed by atoms with E-state index in [1.807, 2.05) is 25.5 Å². The van der Waals surface area contributed by atoms with E-state index in [2.05, 4.69) is 48.7 Å². The summed E-state index contributed by atoms with van der Waals surface area (Å²) < 4.78 is 2.03. The molecule has 2 aromatic rings. The van der Waals surface area contributed by atoms with Gasteiger partial charge in [0.15, 0.2) is 0 Å². The van der Waals surface area contributed by atoms with Crippen molar-refractivity contribution in [2.75, 3.05) is 0 Å². The molecule has 0 radical (unpaired) electrons.